The number of hydrogen-bond acceptors (Lipinski definition) is 10. The molecule has 10 nitrogen and oxygen atoms in total. The van der Waals surface area contributed by atoms with Gasteiger partial charge in [0, 0.05) is 0 Å². The van der Waals surface area contributed by atoms with Crippen molar-refractivity contribution in [2.24, 2.45) is 22.9 Å². The van der Waals surface area contributed by atoms with E-state index in [1.54, 1.807) is 0 Å². The van der Waals surface area contributed by atoms with Gasteiger partial charge in [-0.25, -0.2) is 9.59 Å². The minimum Gasteiger partial charge on any atom is -0.419 e. The van der Waals surface area contributed by atoms with Crippen molar-refractivity contribution < 1.29 is 28.5 Å². The van der Waals surface area contributed by atoms with Gasteiger partial charge in [-0.1, -0.05) is 0 Å². The van der Waals surface area contributed by atoms with Crippen molar-refractivity contribution in [3.63, 3.8) is 0 Å². The third kappa shape index (κ3) is 14.9. The van der Waals surface area contributed by atoms with Gasteiger partial charge in [-0.2, -0.15) is 0 Å². The highest BCUT2D eigenvalue weighted by Gasteiger charge is 1.97. The molecule has 0 atom stereocenters. The lowest BCUT2D eigenvalue weighted by Gasteiger charge is -1.98. The molecular weight excluding hydrogens is 224 g/mol. The van der Waals surface area contributed by atoms with Crippen LogP contribution in [0.2, 0.25) is 0 Å². The van der Waals surface area contributed by atoms with Crippen LogP contribution in [0.4, 0.5) is 9.59 Å². The van der Waals surface area contributed by atoms with Crippen LogP contribution in [0.3, 0.4) is 0 Å². The van der Waals surface area contributed by atoms with Crippen LogP contribution in [0.1, 0.15) is 0 Å². The molecule has 0 spiro atoms. The summed E-state index contributed by atoms with van der Waals surface area (Å²) in [6.45, 7) is -0.727. The quantitative estimate of drug-likeness (QED) is 0.315. The summed E-state index contributed by atoms with van der Waals surface area (Å²) in [6.07, 6.45) is -1.68. The number of carbonyl (C=O) groups excluding carboxylic acids is 2. The smallest absolute Gasteiger partial charge is 0.419 e. The second-order valence-electron chi connectivity index (χ2n) is 1.74. The van der Waals surface area contributed by atoms with Crippen molar-refractivity contribution in [1.29, 1.82) is 0 Å². The van der Waals surface area contributed by atoms with Gasteiger partial charge < -0.3 is 18.9 Å². The van der Waals surface area contributed by atoms with Crippen LogP contribution >= 0.6 is 0 Å². The van der Waals surface area contributed by atoms with Gasteiger partial charge in [0.15, 0.2) is 0 Å². The van der Waals surface area contributed by atoms with Gasteiger partial charge in [-0.15, -0.1) is 0 Å². The van der Waals surface area contributed by atoms with Crippen LogP contribution in [0.5, 0.6) is 0 Å². The van der Waals surface area contributed by atoms with Crippen molar-refractivity contribution in [3.05, 3.63) is 0 Å². The zero-order valence-corrected chi connectivity index (χ0v) is 8.59. The number of carbonyl (C=O) groups is 2. The lowest BCUT2D eigenvalue weighted by molar-refractivity contribution is 0.0580. The van der Waals surface area contributed by atoms with E-state index >= 15 is 0 Å². The molecule has 96 valence electrons. The highest BCUT2D eigenvalue weighted by Crippen LogP contribution is 1.77. The largest absolute Gasteiger partial charge is 0.510 e. The lowest BCUT2D eigenvalue weighted by atomic mass is 11.2. The molecule has 0 fully saturated rings. The standard InChI is InChI=1S/2C3H8N2O3/c2*4-1-7-3(6)8-2-5/h2*1-2,4-5H2. The molecule has 8 N–H and O–H groups in total. The van der Waals surface area contributed by atoms with E-state index < -0.39 is 12.3 Å². The Balaban J connectivity index is 0. The molecule has 0 aliphatic carbocycles. The summed E-state index contributed by atoms with van der Waals surface area (Å²) in [5.41, 5.74) is 19.2. The normalized spacial score (nSPS) is 8.25. The van der Waals surface area contributed by atoms with E-state index in [1.165, 1.54) is 0 Å². The van der Waals surface area contributed by atoms with E-state index in [1.807, 2.05) is 0 Å². The molecule has 0 aromatic carbocycles. The van der Waals surface area contributed by atoms with Crippen molar-refractivity contribution in [1.82, 2.24) is 0 Å². The summed E-state index contributed by atoms with van der Waals surface area (Å²) in [5.74, 6) is 0. The van der Waals surface area contributed by atoms with E-state index in [9.17, 15) is 9.59 Å². The van der Waals surface area contributed by atoms with Crippen LogP contribution in [-0.4, -0.2) is 39.2 Å². The Labute approximate surface area is 91.7 Å². The first-order valence-electron chi connectivity index (χ1n) is 4.01. The molecule has 0 unspecified atom stereocenters. The third-order valence-corrected chi connectivity index (χ3v) is 0.805. The maximum Gasteiger partial charge on any atom is 0.510 e. The van der Waals surface area contributed by atoms with Gasteiger partial charge >= 0.3 is 12.3 Å². The molecule has 0 rings (SSSR count). The topological polar surface area (TPSA) is 175 Å². The Morgan fingerprint density at radius 3 is 0.938 bits per heavy atom. The van der Waals surface area contributed by atoms with Crippen LogP contribution in [0, 0.1) is 0 Å². The van der Waals surface area contributed by atoms with Crippen LogP contribution in [0.25, 0.3) is 0 Å². The minimum atomic E-state index is -0.838. The molecule has 0 saturated carbocycles. The summed E-state index contributed by atoms with van der Waals surface area (Å²) in [5, 5.41) is 0. The molecule has 0 saturated heterocycles. The molecule has 0 aromatic heterocycles. The second-order valence-corrected chi connectivity index (χ2v) is 1.74. The van der Waals surface area contributed by atoms with Gasteiger partial charge in [0.1, 0.15) is 26.9 Å². The minimum absolute atomic E-state index is 0.182. The van der Waals surface area contributed by atoms with Gasteiger partial charge in [0.05, 0.1) is 0 Å². The Kier molecular flexibility index (Phi) is 14.0. The molecule has 0 radical (unpaired) electrons. The number of nitrogens with two attached hydrogens (primary N) is 4. The first-order valence-corrected chi connectivity index (χ1v) is 4.01. The van der Waals surface area contributed by atoms with E-state index in [0.29, 0.717) is 0 Å². The maximum absolute atomic E-state index is 10.0. The zero-order chi connectivity index (χ0) is 12.8. The fraction of sp³-hybridized carbons (Fsp3) is 0.667. The first-order chi connectivity index (χ1) is 7.62. The van der Waals surface area contributed by atoms with E-state index in [2.05, 4.69) is 18.9 Å². The Morgan fingerprint density at radius 1 is 0.625 bits per heavy atom. The monoisotopic (exact) mass is 240 g/mol. The van der Waals surface area contributed by atoms with E-state index in [-0.39, 0.29) is 26.9 Å². The summed E-state index contributed by atoms with van der Waals surface area (Å²) in [6, 6.07) is 0. The Morgan fingerprint density at radius 2 is 0.812 bits per heavy atom. The summed E-state index contributed by atoms with van der Waals surface area (Å²) >= 11 is 0. The van der Waals surface area contributed by atoms with E-state index in [4.69, 9.17) is 22.9 Å². The second kappa shape index (κ2) is 13.4. The van der Waals surface area contributed by atoms with Crippen molar-refractivity contribution >= 4 is 12.3 Å². The van der Waals surface area contributed by atoms with Crippen molar-refractivity contribution in [2.45, 2.75) is 0 Å². The summed E-state index contributed by atoms with van der Waals surface area (Å²) in [4.78, 5) is 20.1. The van der Waals surface area contributed by atoms with Crippen molar-refractivity contribution in [2.75, 3.05) is 26.9 Å². The van der Waals surface area contributed by atoms with E-state index in [0.717, 1.165) is 0 Å². The molecule has 0 aliphatic heterocycles. The molecule has 16 heavy (non-hydrogen) atoms. The Bertz CT molecular complexity index is 154. The average molecular weight is 240 g/mol. The molecule has 0 aliphatic rings. The van der Waals surface area contributed by atoms with Crippen LogP contribution in [0.15, 0.2) is 0 Å². The first kappa shape index (κ1) is 16.8. The zero-order valence-electron chi connectivity index (χ0n) is 8.59. The highest BCUT2D eigenvalue weighted by molar-refractivity contribution is 5.59. The van der Waals surface area contributed by atoms with Crippen LogP contribution in [-0.2, 0) is 18.9 Å². The van der Waals surface area contributed by atoms with Gasteiger partial charge in [0.2, 0.25) is 0 Å². The molecule has 0 amide bonds. The predicted octanol–water partition coefficient (Wildman–Crippen LogP) is -2.06. The van der Waals surface area contributed by atoms with Crippen molar-refractivity contribution in [3.8, 4) is 0 Å². The molecule has 10 heteroatoms. The fourth-order valence-electron chi connectivity index (χ4n) is 0.355. The van der Waals surface area contributed by atoms with Crippen LogP contribution < -0.4 is 22.9 Å². The third-order valence-electron chi connectivity index (χ3n) is 0.805. The molecule has 0 bridgehead atoms. The maximum atomic E-state index is 10.0. The highest BCUT2D eigenvalue weighted by atomic mass is 16.7. The summed E-state index contributed by atoms with van der Waals surface area (Å²) < 4.78 is 16.5. The average Bonchev–Trinajstić information content (AvgIpc) is 2.20. The van der Waals surface area contributed by atoms with Gasteiger partial charge in [-0.05, 0) is 0 Å². The molecule has 0 heterocycles. The predicted molar refractivity (Wildman–Crippen MR) is 51.3 cm³/mol. The molecular formula is C6H16N4O6. The van der Waals surface area contributed by atoms with Gasteiger partial charge in [-0.3, -0.25) is 22.9 Å². The number of hydrogen-bond donors (Lipinski definition) is 4. The summed E-state index contributed by atoms with van der Waals surface area (Å²) in [7, 11) is 0. The fourth-order valence-corrected chi connectivity index (χ4v) is 0.355. The van der Waals surface area contributed by atoms with Gasteiger partial charge in [0.25, 0.3) is 0 Å². The number of rotatable bonds is 4. The molecule has 0 aromatic rings. The SMILES string of the molecule is NCOC(=O)OCN.NCOC(=O)OCN. The Hall–Kier alpha value is -1.62. The number of ether oxygens (including phenoxy) is 4. The lowest BCUT2D eigenvalue weighted by Crippen LogP contribution is -2.16.